The monoisotopic (exact) mass is 416 g/mol. The molecule has 2 rings (SSSR count). The topological polar surface area (TPSA) is 42.0 Å². The van der Waals surface area contributed by atoms with E-state index >= 15 is 0 Å². The lowest BCUT2D eigenvalue weighted by Gasteiger charge is -2.24. The second-order valence-electron chi connectivity index (χ2n) is 6.40. The van der Waals surface area contributed by atoms with Gasteiger partial charge in [-0.05, 0) is 73.0 Å². The van der Waals surface area contributed by atoms with Crippen LogP contribution in [-0.4, -0.2) is 13.9 Å². The number of nitrogens with one attached hydrogen (secondary N) is 1. The molecule has 1 aromatic heterocycles. The van der Waals surface area contributed by atoms with Crippen LogP contribution in [0.4, 0.5) is 8.78 Å². The summed E-state index contributed by atoms with van der Waals surface area (Å²) in [5, 5.41) is 0. The van der Waals surface area contributed by atoms with E-state index in [2.05, 4.69) is 25.6 Å². The van der Waals surface area contributed by atoms with E-state index in [1.807, 2.05) is 26.8 Å². The molecular weight excluding hydrogens is 398 g/mol. The van der Waals surface area contributed by atoms with Crippen molar-refractivity contribution in [2.24, 2.45) is 0 Å². The maximum absolute atomic E-state index is 13.5. The average Bonchev–Trinajstić information content (AvgIpc) is 2.45. The summed E-state index contributed by atoms with van der Waals surface area (Å²) in [4.78, 5) is 4.32. The summed E-state index contributed by atoms with van der Waals surface area (Å²) in [6, 6.07) is 6.51. The Labute approximate surface area is 151 Å². The SMILES string of the molecule is CC(C)(C)S(=O)NC(Cc1cc(F)cc(F)c1)c1ncccc1Br. The lowest BCUT2D eigenvalue weighted by molar-refractivity contribution is 0.565. The van der Waals surface area contributed by atoms with Crippen LogP contribution in [0.15, 0.2) is 41.0 Å². The van der Waals surface area contributed by atoms with Crippen LogP contribution >= 0.6 is 15.9 Å². The van der Waals surface area contributed by atoms with Crippen LogP contribution in [0.2, 0.25) is 0 Å². The Kier molecular flexibility index (Phi) is 6.22. The molecule has 1 N–H and O–H groups in total. The number of benzene rings is 1. The third kappa shape index (κ3) is 5.16. The molecule has 0 aliphatic rings. The average molecular weight is 417 g/mol. The van der Waals surface area contributed by atoms with Gasteiger partial charge in [0.2, 0.25) is 0 Å². The summed E-state index contributed by atoms with van der Waals surface area (Å²) in [6.45, 7) is 5.55. The summed E-state index contributed by atoms with van der Waals surface area (Å²) in [5.74, 6) is -1.28. The van der Waals surface area contributed by atoms with Crippen LogP contribution in [0.3, 0.4) is 0 Å². The molecule has 1 heterocycles. The van der Waals surface area contributed by atoms with E-state index in [0.717, 1.165) is 10.5 Å². The molecule has 3 nitrogen and oxygen atoms in total. The smallest absolute Gasteiger partial charge is 0.126 e. The van der Waals surface area contributed by atoms with E-state index in [4.69, 9.17) is 0 Å². The molecule has 0 saturated heterocycles. The minimum Gasteiger partial charge on any atom is -0.258 e. The van der Waals surface area contributed by atoms with Crippen molar-refractivity contribution in [3.63, 3.8) is 0 Å². The molecule has 2 aromatic rings. The van der Waals surface area contributed by atoms with Gasteiger partial charge in [0.15, 0.2) is 0 Å². The van der Waals surface area contributed by atoms with Gasteiger partial charge in [0.05, 0.1) is 27.5 Å². The predicted molar refractivity (Wildman–Crippen MR) is 95.8 cm³/mol. The van der Waals surface area contributed by atoms with Gasteiger partial charge in [-0.3, -0.25) is 4.98 Å². The Morgan fingerprint density at radius 1 is 1.25 bits per heavy atom. The van der Waals surface area contributed by atoms with Gasteiger partial charge in [0.25, 0.3) is 0 Å². The molecule has 24 heavy (non-hydrogen) atoms. The molecule has 0 radical (unpaired) electrons. The molecule has 130 valence electrons. The molecule has 0 aliphatic carbocycles. The van der Waals surface area contributed by atoms with Crippen LogP contribution in [0, 0.1) is 11.6 Å². The molecular formula is C17H19BrF2N2OS. The van der Waals surface area contributed by atoms with Crippen molar-refractivity contribution in [3.8, 4) is 0 Å². The molecule has 7 heteroatoms. The number of halogens is 3. The van der Waals surface area contributed by atoms with Gasteiger partial charge in [-0.25, -0.2) is 17.7 Å². The molecule has 0 spiro atoms. The van der Waals surface area contributed by atoms with Gasteiger partial charge >= 0.3 is 0 Å². The van der Waals surface area contributed by atoms with E-state index in [9.17, 15) is 13.0 Å². The summed E-state index contributed by atoms with van der Waals surface area (Å²) in [6.07, 6.45) is 1.88. The van der Waals surface area contributed by atoms with Crippen molar-refractivity contribution >= 4 is 26.9 Å². The largest absolute Gasteiger partial charge is 0.258 e. The first-order chi connectivity index (χ1) is 11.2. The van der Waals surface area contributed by atoms with E-state index in [0.29, 0.717) is 11.3 Å². The minimum absolute atomic E-state index is 0.256. The Hall–Kier alpha value is -1.18. The molecule has 0 bridgehead atoms. The lowest BCUT2D eigenvalue weighted by Crippen LogP contribution is -2.37. The molecule has 1 aromatic carbocycles. The first-order valence-electron chi connectivity index (χ1n) is 7.40. The zero-order valence-electron chi connectivity index (χ0n) is 13.6. The lowest BCUT2D eigenvalue weighted by atomic mass is 10.0. The zero-order valence-corrected chi connectivity index (χ0v) is 16.0. The molecule has 0 aliphatic heterocycles. The highest BCUT2D eigenvalue weighted by atomic mass is 79.9. The molecule has 2 atom stereocenters. The van der Waals surface area contributed by atoms with Crippen molar-refractivity contribution in [1.82, 2.24) is 9.71 Å². The highest BCUT2D eigenvalue weighted by Crippen LogP contribution is 2.26. The first-order valence-corrected chi connectivity index (χ1v) is 9.34. The number of aromatic nitrogens is 1. The van der Waals surface area contributed by atoms with Crippen LogP contribution in [0.1, 0.15) is 38.1 Å². The fraction of sp³-hybridized carbons (Fsp3) is 0.353. The Balaban J connectivity index is 2.35. The van der Waals surface area contributed by atoms with E-state index in [1.54, 1.807) is 12.3 Å². The van der Waals surface area contributed by atoms with Crippen molar-refractivity contribution in [2.45, 2.75) is 38.0 Å². The van der Waals surface area contributed by atoms with Crippen LogP contribution < -0.4 is 4.72 Å². The van der Waals surface area contributed by atoms with Crippen molar-refractivity contribution in [3.05, 3.63) is 63.9 Å². The summed E-state index contributed by atoms with van der Waals surface area (Å²) >= 11 is 3.43. The highest BCUT2D eigenvalue weighted by molar-refractivity contribution is 9.10. The fourth-order valence-corrected chi connectivity index (χ4v) is 3.46. The standard InChI is InChI=1S/C17H19BrF2N2OS/c1-17(2,3)24(23)22-15(16-14(18)5-4-6-21-16)9-11-7-12(19)10-13(20)8-11/h4-8,10,15,22H,9H2,1-3H3. The van der Waals surface area contributed by atoms with Crippen molar-refractivity contribution in [2.75, 3.05) is 0 Å². The van der Waals surface area contributed by atoms with Gasteiger partial charge in [0, 0.05) is 16.7 Å². The zero-order chi connectivity index (χ0) is 17.9. The van der Waals surface area contributed by atoms with E-state index in [1.165, 1.54) is 12.1 Å². The Bertz CT molecular complexity index is 729. The van der Waals surface area contributed by atoms with Gasteiger partial charge in [-0.15, -0.1) is 0 Å². The maximum atomic E-state index is 13.5. The molecule has 2 unspecified atom stereocenters. The Morgan fingerprint density at radius 2 is 1.88 bits per heavy atom. The number of nitrogens with zero attached hydrogens (tertiary/aromatic N) is 1. The summed E-state index contributed by atoms with van der Waals surface area (Å²) in [5.41, 5.74) is 1.10. The molecule has 0 amide bonds. The van der Waals surface area contributed by atoms with Crippen LogP contribution in [0.25, 0.3) is 0 Å². The van der Waals surface area contributed by atoms with Gasteiger partial charge in [-0.2, -0.15) is 0 Å². The second kappa shape index (κ2) is 7.80. The summed E-state index contributed by atoms with van der Waals surface area (Å²) < 4.78 is 42.7. The fourth-order valence-electron chi connectivity index (χ4n) is 2.12. The molecule has 0 saturated carbocycles. The van der Waals surface area contributed by atoms with Gasteiger partial charge in [0.1, 0.15) is 11.6 Å². The van der Waals surface area contributed by atoms with E-state index < -0.39 is 33.4 Å². The predicted octanol–water partition coefficient (Wildman–Crippen LogP) is 4.46. The number of hydrogen-bond acceptors (Lipinski definition) is 2. The van der Waals surface area contributed by atoms with E-state index in [-0.39, 0.29) is 6.42 Å². The first kappa shape index (κ1) is 19.1. The third-order valence-corrected chi connectivity index (χ3v) is 5.57. The summed E-state index contributed by atoms with van der Waals surface area (Å²) in [7, 11) is -1.36. The Morgan fingerprint density at radius 3 is 2.42 bits per heavy atom. The highest BCUT2D eigenvalue weighted by Gasteiger charge is 2.25. The minimum atomic E-state index is -1.36. The third-order valence-electron chi connectivity index (χ3n) is 3.28. The van der Waals surface area contributed by atoms with Crippen LogP contribution in [0.5, 0.6) is 0 Å². The number of pyridine rings is 1. The maximum Gasteiger partial charge on any atom is 0.126 e. The van der Waals surface area contributed by atoms with Gasteiger partial charge < -0.3 is 0 Å². The van der Waals surface area contributed by atoms with Crippen LogP contribution in [-0.2, 0) is 17.4 Å². The molecule has 0 fully saturated rings. The quantitative estimate of drug-likeness (QED) is 0.781. The number of hydrogen-bond donors (Lipinski definition) is 1. The van der Waals surface area contributed by atoms with Crippen molar-refractivity contribution in [1.29, 1.82) is 0 Å². The van der Waals surface area contributed by atoms with Gasteiger partial charge in [-0.1, -0.05) is 0 Å². The second-order valence-corrected chi connectivity index (χ2v) is 9.26. The number of rotatable bonds is 5. The normalized spacial score (nSPS) is 14.4. The van der Waals surface area contributed by atoms with Crippen molar-refractivity contribution < 1.29 is 13.0 Å².